The first-order chi connectivity index (χ1) is 15.1. The average molecular weight is 467 g/mol. The van der Waals surface area contributed by atoms with Gasteiger partial charge in [-0.05, 0) is 79.1 Å². The highest BCUT2D eigenvalue weighted by atomic mass is 32.2. The van der Waals surface area contributed by atoms with Crippen LogP contribution in [-0.4, -0.2) is 21.0 Å². The third-order valence-corrected chi connectivity index (χ3v) is 6.64. The lowest BCUT2D eigenvalue weighted by Crippen LogP contribution is -2.28. The number of fused-ring (bicyclic) bond motifs is 1. The Morgan fingerprint density at radius 3 is 2.28 bits per heavy atom. The first-order valence-corrected chi connectivity index (χ1v) is 11.6. The fourth-order valence-electron chi connectivity index (χ4n) is 4.23. The predicted octanol–water partition coefficient (Wildman–Crippen LogP) is 6.14. The molecule has 2 aromatic carbocycles. The molecule has 0 bridgehead atoms. The summed E-state index contributed by atoms with van der Waals surface area (Å²) < 4.78 is 70.1. The Morgan fingerprint density at radius 2 is 1.72 bits per heavy atom. The standard InChI is InChI=1S/C24H25F3O4S/c1-4-6-16(5-2)21-13-9-18-15-20(30-3)12-14-22(18)23(21)17-7-10-19(11-8-17)31-32(28,29)24(25,26)27/h4-8,10-12,14-15,21,23H,9,13H2,1-3H3/b6-4-,16-5+. The van der Waals surface area contributed by atoms with Gasteiger partial charge in [0.25, 0.3) is 0 Å². The third-order valence-electron chi connectivity index (χ3n) is 5.66. The molecule has 2 aromatic rings. The number of allylic oxidation sites excluding steroid dienone is 4. The van der Waals surface area contributed by atoms with Crippen molar-refractivity contribution in [3.63, 3.8) is 0 Å². The molecule has 0 spiro atoms. The van der Waals surface area contributed by atoms with E-state index in [9.17, 15) is 21.6 Å². The van der Waals surface area contributed by atoms with Gasteiger partial charge in [0.05, 0.1) is 7.11 Å². The predicted molar refractivity (Wildman–Crippen MR) is 117 cm³/mol. The Balaban J connectivity index is 2.03. The molecule has 0 radical (unpaired) electrons. The maximum atomic E-state index is 12.6. The van der Waals surface area contributed by atoms with Gasteiger partial charge in [-0.25, -0.2) is 0 Å². The van der Waals surface area contributed by atoms with E-state index in [0.717, 1.165) is 35.3 Å². The Bertz CT molecular complexity index is 1120. The van der Waals surface area contributed by atoms with Gasteiger partial charge in [0.2, 0.25) is 0 Å². The van der Waals surface area contributed by atoms with Gasteiger partial charge in [-0.1, -0.05) is 36.4 Å². The number of alkyl halides is 3. The van der Waals surface area contributed by atoms with Crippen molar-refractivity contribution in [2.75, 3.05) is 7.11 Å². The van der Waals surface area contributed by atoms with E-state index >= 15 is 0 Å². The fourth-order valence-corrected chi connectivity index (χ4v) is 4.68. The van der Waals surface area contributed by atoms with Gasteiger partial charge in [-0.15, -0.1) is 0 Å². The molecule has 0 fully saturated rings. The number of ether oxygens (including phenoxy) is 1. The maximum Gasteiger partial charge on any atom is 0.534 e. The molecule has 32 heavy (non-hydrogen) atoms. The largest absolute Gasteiger partial charge is 0.534 e. The van der Waals surface area contributed by atoms with Crippen LogP contribution in [0.2, 0.25) is 0 Å². The van der Waals surface area contributed by atoms with Crippen molar-refractivity contribution >= 4 is 10.1 Å². The van der Waals surface area contributed by atoms with Crippen molar-refractivity contribution in [1.82, 2.24) is 0 Å². The highest BCUT2D eigenvalue weighted by molar-refractivity contribution is 7.88. The van der Waals surface area contributed by atoms with Gasteiger partial charge in [0.1, 0.15) is 11.5 Å². The van der Waals surface area contributed by atoms with Crippen molar-refractivity contribution in [2.45, 2.75) is 38.1 Å². The zero-order valence-electron chi connectivity index (χ0n) is 18.0. The summed E-state index contributed by atoms with van der Waals surface area (Å²) in [5, 5.41) is 0. The molecule has 2 unspecified atom stereocenters. The molecular formula is C24H25F3O4S. The first-order valence-electron chi connectivity index (χ1n) is 10.2. The molecule has 1 aliphatic rings. The van der Waals surface area contributed by atoms with Crippen LogP contribution >= 0.6 is 0 Å². The number of aryl methyl sites for hydroxylation is 1. The van der Waals surface area contributed by atoms with Crippen molar-refractivity contribution in [3.05, 3.63) is 83.0 Å². The van der Waals surface area contributed by atoms with Crippen LogP contribution in [0.25, 0.3) is 0 Å². The average Bonchev–Trinajstić information content (AvgIpc) is 2.76. The molecule has 4 nitrogen and oxygen atoms in total. The molecule has 0 N–H and O–H groups in total. The minimum Gasteiger partial charge on any atom is -0.497 e. The third kappa shape index (κ3) is 4.85. The molecule has 1 aliphatic carbocycles. The van der Waals surface area contributed by atoms with Gasteiger partial charge < -0.3 is 8.92 Å². The second-order valence-corrected chi connectivity index (χ2v) is 9.07. The van der Waals surface area contributed by atoms with Gasteiger partial charge in [0.15, 0.2) is 0 Å². The number of halogens is 3. The van der Waals surface area contributed by atoms with E-state index in [4.69, 9.17) is 4.74 Å². The molecule has 0 aliphatic heterocycles. The van der Waals surface area contributed by atoms with Gasteiger partial charge >= 0.3 is 15.6 Å². The second-order valence-electron chi connectivity index (χ2n) is 7.53. The summed E-state index contributed by atoms with van der Waals surface area (Å²) in [5.41, 5.74) is -1.18. The first kappa shape index (κ1) is 23.9. The summed E-state index contributed by atoms with van der Waals surface area (Å²) in [4.78, 5) is 0. The van der Waals surface area contributed by atoms with Crippen LogP contribution in [0.4, 0.5) is 13.2 Å². The summed E-state index contributed by atoms with van der Waals surface area (Å²) in [6.45, 7) is 3.93. The molecule has 172 valence electrons. The van der Waals surface area contributed by atoms with E-state index in [1.165, 1.54) is 17.7 Å². The zero-order valence-corrected chi connectivity index (χ0v) is 18.8. The minimum absolute atomic E-state index is 0.0553. The summed E-state index contributed by atoms with van der Waals surface area (Å²) in [7, 11) is -4.10. The molecule has 0 aromatic heterocycles. The zero-order chi connectivity index (χ0) is 23.5. The Labute approximate surface area is 186 Å². The van der Waals surface area contributed by atoms with E-state index < -0.39 is 15.6 Å². The normalized spacial score (nSPS) is 19.6. The van der Waals surface area contributed by atoms with E-state index in [1.54, 1.807) is 19.2 Å². The van der Waals surface area contributed by atoms with Crippen LogP contribution in [0.15, 0.2) is 66.3 Å². The lowest BCUT2D eigenvalue weighted by molar-refractivity contribution is -0.0500. The van der Waals surface area contributed by atoms with Gasteiger partial charge in [0, 0.05) is 5.92 Å². The summed E-state index contributed by atoms with van der Waals surface area (Å²) >= 11 is 0. The summed E-state index contributed by atoms with van der Waals surface area (Å²) in [6.07, 6.45) is 7.87. The quantitative estimate of drug-likeness (QED) is 0.292. The van der Waals surface area contributed by atoms with Crippen LogP contribution in [0.3, 0.4) is 0 Å². The molecular weight excluding hydrogens is 441 g/mol. The molecule has 8 heteroatoms. The molecule has 0 heterocycles. The number of hydrogen-bond donors (Lipinski definition) is 0. The number of rotatable bonds is 6. The van der Waals surface area contributed by atoms with E-state index in [2.05, 4.69) is 16.3 Å². The van der Waals surface area contributed by atoms with Crippen molar-refractivity contribution < 1.29 is 30.5 Å². The number of benzene rings is 2. The van der Waals surface area contributed by atoms with Crippen LogP contribution in [0, 0.1) is 5.92 Å². The van der Waals surface area contributed by atoms with Crippen LogP contribution in [0.1, 0.15) is 42.9 Å². The van der Waals surface area contributed by atoms with E-state index in [-0.39, 0.29) is 17.6 Å². The lowest BCUT2D eigenvalue weighted by Gasteiger charge is -2.35. The van der Waals surface area contributed by atoms with Crippen LogP contribution in [0.5, 0.6) is 11.5 Å². The van der Waals surface area contributed by atoms with E-state index in [0.29, 0.717) is 0 Å². The van der Waals surface area contributed by atoms with Crippen molar-refractivity contribution in [3.8, 4) is 11.5 Å². The number of hydrogen-bond acceptors (Lipinski definition) is 4. The molecule has 2 atom stereocenters. The van der Waals surface area contributed by atoms with Crippen LogP contribution in [-0.2, 0) is 16.5 Å². The maximum absolute atomic E-state index is 12.6. The molecule has 0 amide bonds. The smallest absolute Gasteiger partial charge is 0.497 e. The Hall–Kier alpha value is -2.74. The Kier molecular flexibility index (Phi) is 7.03. The topological polar surface area (TPSA) is 52.6 Å². The lowest BCUT2D eigenvalue weighted by atomic mass is 9.69. The van der Waals surface area contributed by atoms with Crippen LogP contribution < -0.4 is 8.92 Å². The molecule has 0 saturated heterocycles. The fraction of sp³-hybridized carbons (Fsp3) is 0.333. The monoisotopic (exact) mass is 466 g/mol. The van der Waals surface area contributed by atoms with Gasteiger partial charge in [-0.2, -0.15) is 21.6 Å². The number of methoxy groups -OCH3 is 1. The minimum atomic E-state index is -5.71. The second kappa shape index (κ2) is 9.40. The van der Waals surface area contributed by atoms with Gasteiger partial charge in [-0.3, -0.25) is 0 Å². The van der Waals surface area contributed by atoms with E-state index in [1.807, 2.05) is 38.1 Å². The highest BCUT2D eigenvalue weighted by Crippen LogP contribution is 2.45. The molecule has 3 rings (SSSR count). The summed E-state index contributed by atoms with van der Waals surface area (Å²) in [6, 6.07) is 11.7. The van der Waals surface area contributed by atoms with Crippen molar-refractivity contribution in [2.24, 2.45) is 5.92 Å². The Morgan fingerprint density at radius 1 is 1.06 bits per heavy atom. The summed E-state index contributed by atoms with van der Waals surface area (Å²) in [5.74, 6) is 0.484. The highest BCUT2D eigenvalue weighted by Gasteiger charge is 2.48. The van der Waals surface area contributed by atoms with Crippen molar-refractivity contribution in [1.29, 1.82) is 0 Å². The molecule has 0 saturated carbocycles. The SMILES string of the molecule is C/C=C\C(=C/C)C1CCc2cc(OC)ccc2C1c1ccc(OS(=O)(=O)C(F)(F)F)cc1.